The van der Waals surface area contributed by atoms with Crippen LogP contribution in [-0.2, 0) is 16.3 Å². The summed E-state index contributed by atoms with van der Waals surface area (Å²) in [5.41, 5.74) is 1.28. The monoisotopic (exact) mass is 362 g/mol. The first kappa shape index (κ1) is 18.9. The van der Waals surface area contributed by atoms with Gasteiger partial charge < -0.3 is 5.32 Å². The summed E-state index contributed by atoms with van der Waals surface area (Å²) in [5, 5.41) is 14.2. The number of hydrogen-bond acceptors (Lipinski definition) is 5. The van der Waals surface area contributed by atoms with Gasteiger partial charge in [0.05, 0.1) is 4.92 Å². The van der Waals surface area contributed by atoms with Crippen molar-refractivity contribution in [1.29, 1.82) is 0 Å². The van der Waals surface area contributed by atoms with Crippen LogP contribution in [0.25, 0.3) is 0 Å². The summed E-state index contributed by atoms with van der Waals surface area (Å²) in [6.45, 7) is 4.81. The molecule has 0 atom stereocenters. The van der Waals surface area contributed by atoms with Crippen molar-refractivity contribution in [3.63, 3.8) is 0 Å². The fourth-order valence-electron chi connectivity index (χ4n) is 2.62. The second-order valence-corrected chi connectivity index (χ2v) is 8.88. The standard InChI is InChI=1S/C18H22N2O4S/c1-18(2,12-14-7-5-4-6-8-14)13-19-15-9-10-16(20(21)22)17(11-15)25(3,23)24/h4-11,19H,12-13H2,1-3H3. The molecule has 0 fully saturated rings. The minimum absolute atomic E-state index is 0.0750. The van der Waals surface area contributed by atoms with Crippen molar-refractivity contribution in [3.8, 4) is 0 Å². The Labute approximate surface area is 148 Å². The van der Waals surface area contributed by atoms with E-state index >= 15 is 0 Å². The molecule has 0 saturated heterocycles. The van der Waals surface area contributed by atoms with Crippen molar-refractivity contribution in [1.82, 2.24) is 0 Å². The number of anilines is 1. The lowest BCUT2D eigenvalue weighted by molar-refractivity contribution is -0.387. The van der Waals surface area contributed by atoms with Gasteiger partial charge in [-0.25, -0.2) is 8.42 Å². The summed E-state index contributed by atoms with van der Waals surface area (Å²) in [7, 11) is -3.68. The lowest BCUT2D eigenvalue weighted by Gasteiger charge is -2.26. The summed E-state index contributed by atoms with van der Waals surface area (Å²) < 4.78 is 23.6. The van der Waals surface area contributed by atoms with Crippen LogP contribution in [-0.4, -0.2) is 26.1 Å². The number of nitro benzene ring substituents is 1. The molecule has 0 radical (unpaired) electrons. The number of benzene rings is 2. The molecule has 0 aromatic heterocycles. The predicted octanol–water partition coefficient (Wildman–Crippen LogP) is 3.68. The van der Waals surface area contributed by atoms with Gasteiger partial charge in [0, 0.05) is 24.6 Å². The predicted molar refractivity (Wildman–Crippen MR) is 98.6 cm³/mol. The highest BCUT2D eigenvalue weighted by atomic mass is 32.2. The third-order valence-corrected chi connectivity index (χ3v) is 4.98. The van der Waals surface area contributed by atoms with Gasteiger partial charge in [0.1, 0.15) is 4.90 Å². The zero-order valence-corrected chi connectivity index (χ0v) is 15.3. The van der Waals surface area contributed by atoms with Crippen molar-refractivity contribution in [3.05, 3.63) is 64.2 Å². The molecule has 6 nitrogen and oxygen atoms in total. The number of rotatable bonds is 7. The second kappa shape index (κ2) is 7.23. The van der Waals surface area contributed by atoms with Gasteiger partial charge >= 0.3 is 0 Å². The first-order chi connectivity index (χ1) is 11.6. The van der Waals surface area contributed by atoms with Crippen molar-refractivity contribution in [2.75, 3.05) is 18.1 Å². The fraction of sp³-hybridized carbons (Fsp3) is 0.333. The van der Waals surface area contributed by atoms with Gasteiger partial charge in [-0.3, -0.25) is 10.1 Å². The first-order valence-corrected chi connectivity index (χ1v) is 9.74. The Morgan fingerprint density at radius 2 is 1.76 bits per heavy atom. The highest BCUT2D eigenvalue weighted by Gasteiger charge is 2.23. The van der Waals surface area contributed by atoms with Crippen LogP contribution in [0.4, 0.5) is 11.4 Å². The quantitative estimate of drug-likeness (QED) is 0.599. The molecule has 0 aliphatic carbocycles. The smallest absolute Gasteiger partial charge is 0.288 e. The van der Waals surface area contributed by atoms with Crippen LogP contribution >= 0.6 is 0 Å². The molecule has 0 heterocycles. The number of nitrogens with zero attached hydrogens (tertiary/aromatic N) is 1. The third kappa shape index (κ3) is 5.29. The summed E-state index contributed by atoms with van der Waals surface area (Å²) in [5.74, 6) is 0. The van der Waals surface area contributed by atoms with Gasteiger partial charge in [-0.05, 0) is 29.5 Å². The summed E-state index contributed by atoms with van der Waals surface area (Å²) in [4.78, 5) is 10.1. The molecular formula is C18H22N2O4S. The van der Waals surface area contributed by atoms with E-state index in [9.17, 15) is 18.5 Å². The molecule has 2 aromatic rings. The molecule has 0 bridgehead atoms. The normalized spacial score (nSPS) is 12.0. The molecule has 1 N–H and O–H groups in total. The molecule has 0 aliphatic rings. The van der Waals surface area contributed by atoms with Gasteiger partial charge in [-0.1, -0.05) is 44.2 Å². The van der Waals surface area contributed by atoms with E-state index in [0.717, 1.165) is 12.7 Å². The van der Waals surface area contributed by atoms with Gasteiger partial charge in [-0.15, -0.1) is 0 Å². The van der Waals surface area contributed by atoms with Gasteiger partial charge in [-0.2, -0.15) is 0 Å². The van der Waals surface area contributed by atoms with Crippen LogP contribution in [0.1, 0.15) is 19.4 Å². The van der Waals surface area contributed by atoms with Crippen LogP contribution in [0.2, 0.25) is 0 Å². The topological polar surface area (TPSA) is 89.3 Å². The average molecular weight is 362 g/mol. The second-order valence-electron chi connectivity index (χ2n) is 6.89. The van der Waals surface area contributed by atoms with Gasteiger partial charge in [0.2, 0.25) is 0 Å². The summed E-state index contributed by atoms with van der Waals surface area (Å²) in [6, 6.07) is 14.2. The molecule has 7 heteroatoms. The van der Waals surface area contributed by atoms with Crippen LogP contribution in [0.5, 0.6) is 0 Å². The lowest BCUT2D eigenvalue weighted by Crippen LogP contribution is -2.25. The molecule has 0 amide bonds. The molecule has 0 unspecified atom stereocenters. The highest BCUT2D eigenvalue weighted by molar-refractivity contribution is 7.90. The lowest BCUT2D eigenvalue weighted by atomic mass is 9.85. The fourth-order valence-corrected chi connectivity index (χ4v) is 3.49. The maximum atomic E-state index is 11.8. The Kier molecular flexibility index (Phi) is 5.47. The van der Waals surface area contributed by atoms with E-state index in [1.807, 2.05) is 18.2 Å². The van der Waals surface area contributed by atoms with E-state index in [2.05, 4.69) is 31.3 Å². The van der Waals surface area contributed by atoms with Crippen LogP contribution in [0, 0.1) is 15.5 Å². The maximum absolute atomic E-state index is 11.8. The highest BCUT2D eigenvalue weighted by Crippen LogP contribution is 2.28. The summed E-state index contributed by atoms with van der Waals surface area (Å²) >= 11 is 0. The van der Waals surface area contributed by atoms with E-state index in [0.29, 0.717) is 12.2 Å². The Hall–Kier alpha value is -2.41. The average Bonchev–Trinajstić information content (AvgIpc) is 2.52. The van der Waals surface area contributed by atoms with Crippen molar-refractivity contribution >= 4 is 21.2 Å². The minimum Gasteiger partial charge on any atom is -0.384 e. The molecular weight excluding hydrogens is 340 g/mol. The van der Waals surface area contributed by atoms with Crippen LogP contribution in [0.15, 0.2) is 53.4 Å². The summed E-state index contributed by atoms with van der Waals surface area (Å²) in [6.07, 6.45) is 1.82. The third-order valence-electron chi connectivity index (χ3n) is 3.85. The number of nitro groups is 1. The first-order valence-electron chi connectivity index (χ1n) is 7.85. The van der Waals surface area contributed by atoms with E-state index in [1.54, 1.807) is 0 Å². The maximum Gasteiger partial charge on any atom is 0.288 e. The molecule has 2 rings (SSSR count). The SMILES string of the molecule is CC(C)(CNc1ccc([N+](=O)[O-])c(S(C)(=O)=O)c1)Cc1ccccc1. The van der Waals surface area contributed by atoms with Crippen molar-refractivity contribution in [2.45, 2.75) is 25.2 Å². The van der Waals surface area contributed by atoms with E-state index in [4.69, 9.17) is 0 Å². The van der Waals surface area contributed by atoms with Crippen LogP contribution in [0.3, 0.4) is 0 Å². The van der Waals surface area contributed by atoms with Gasteiger partial charge in [0.25, 0.3) is 5.69 Å². The van der Waals surface area contributed by atoms with E-state index in [1.165, 1.54) is 23.8 Å². The largest absolute Gasteiger partial charge is 0.384 e. The molecule has 134 valence electrons. The number of hydrogen-bond donors (Lipinski definition) is 1. The Bertz CT molecular complexity index is 862. The van der Waals surface area contributed by atoms with Crippen molar-refractivity contribution in [2.24, 2.45) is 5.41 Å². The van der Waals surface area contributed by atoms with E-state index < -0.39 is 20.4 Å². The van der Waals surface area contributed by atoms with Gasteiger partial charge in [0.15, 0.2) is 9.84 Å². The molecule has 2 aromatic carbocycles. The zero-order valence-electron chi connectivity index (χ0n) is 14.5. The Morgan fingerprint density at radius 3 is 2.32 bits per heavy atom. The molecule has 0 saturated carbocycles. The molecule has 0 spiro atoms. The van der Waals surface area contributed by atoms with E-state index in [-0.39, 0.29) is 10.3 Å². The Morgan fingerprint density at radius 1 is 1.12 bits per heavy atom. The zero-order chi connectivity index (χ0) is 18.7. The van der Waals surface area contributed by atoms with Crippen molar-refractivity contribution < 1.29 is 13.3 Å². The number of sulfone groups is 1. The molecule has 0 aliphatic heterocycles. The number of nitrogens with one attached hydrogen (secondary N) is 1. The van der Waals surface area contributed by atoms with Crippen LogP contribution < -0.4 is 5.32 Å². The Balaban J connectivity index is 2.16. The molecule has 25 heavy (non-hydrogen) atoms. The minimum atomic E-state index is -3.68.